The van der Waals surface area contributed by atoms with Crippen molar-refractivity contribution in [2.75, 3.05) is 26.8 Å². The van der Waals surface area contributed by atoms with Crippen molar-refractivity contribution in [3.8, 4) is 11.5 Å². The molecule has 0 bridgehead atoms. The van der Waals surface area contributed by atoms with Gasteiger partial charge in [0.15, 0.2) is 11.5 Å². The summed E-state index contributed by atoms with van der Waals surface area (Å²) in [5.74, 6) is 1.63. The predicted molar refractivity (Wildman–Crippen MR) is 64.7 cm³/mol. The minimum absolute atomic E-state index is 0.694. The second-order valence-electron chi connectivity index (χ2n) is 3.76. The van der Waals surface area contributed by atoms with Gasteiger partial charge in [0, 0.05) is 17.0 Å². The summed E-state index contributed by atoms with van der Waals surface area (Å²) in [6.07, 6.45) is 1.76. The maximum absolute atomic E-state index is 6.19. The minimum atomic E-state index is 0.694. The van der Waals surface area contributed by atoms with Crippen LogP contribution in [0.4, 0.5) is 0 Å². The summed E-state index contributed by atoms with van der Waals surface area (Å²) in [7, 11) is 1.92. The molecule has 0 unspecified atom stereocenters. The van der Waals surface area contributed by atoms with E-state index in [2.05, 4.69) is 5.32 Å². The fourth-order valence-corrected chi connectivity index (χ4v) is 2.00. The molecule has 1 aromatic carbocycles. The molecule has 0 atom stereocenters. The number of fused-ring (bicyclic) bond motifs is 1. The maximum Gasteiger partial charge on any atom is 0.165 e. The van der Waals surface area contributed by atoms with Crippen LogP contribution in [0.25, 0.3) is 0 Å². The van der Waals surface area contributed by atoms with E-state index in [1.54, 1.807) is 0 Å². The molecule has 2 rings (SSSR count). The van der Waals surface area contributed by atoms with Gasteiger partial charge in [-0.3, -0.25) is 0 Å². The van der Waals surface area contributed by atoms with E-state index in [1.807, 2.05) is 19.2 Å². The van der Waals surface area contributed by atoms with Crippen LogP contribution >= 0.6 is 11.6 Å². The van der Waals surface area contributed by atoms with Gasteiger partial charge in [-0.1, -0.05) is 11.6 Å². The van der Waals surface area contributed by atoms with Gasteiger partial charge >= 0.3 is 0 Å². The quantitative estimate of drug-likeness (QED) is 0.881. The van der Waals surface area contributed by atoms with Crippen LogP contribution in [0.3, 0.4) is 0 Å². The van der Waals surface area contributed by atoms with Crippen LogP contribution in [-0.4, -0.2) is 26.8 Å². The Morgan fingerprint density at radius 1 is 1.31 bits per heavy atom. The Balaban J connectivity index is 2.32. The second-order valence-corrected chi connectivity index (χ2v) is 4.16. The van der Waals surface area contributed by atoms with Crippen molar-refractivity contribution in [2.45, 2.75) is 12.8 Å². The molecule has 1 aromatic rings. The van der Waals surface area contributed by atoms with Crippen LogP contribution < -0.4 is 14.8 Å². The molecular formula is C12H16ClNO2. The summed E-state index contributed by atoms with van der Waals surface area (Å²) >= 11 is 6.19. The number of benzene rings is 1. The molecule has 0 spiro atoms. The summed E-state index contributed by atoms with van der Waals surface area (Å²) in [5.41, 5.74) is 1.04. The Labute approximate surface area is 101 Å². The third kappa shape index (κ3) is 2.42. The van der Waals surface area contributed by atoms with E-state index in [-0.39, 0.29) is 0 Å². The number of halogens is 1. The van der Waals surface area contributed by atoms with Crippen molar-refractivity contribution >= 4 is 11.6 Å². The zero-order chi connectivity index (χ0) is 11.4. The van der Waals surface area contributed by atoms with Gasteiger partial charge in [0.1, 0.15) is 0 Å². The highest BCUT2D eigenvalue weighted by atomic mass is 35.5. The fourth-order valence-electron chi connectivity index (χ4n) is 1.75. The van der Waals surface area contributed by atoms with Gasteiger partial charge in [0.05, 0.1) is 13.2 Å². The molecule has 0 aromatic heterocycles. The molecule has 1 N–H and O–H groups in total. The topological polar surface area (TPSA) is 30.5 Å². The third-order valence-corrected chi connectivity index (χ3v) is 2.94. The van der Waals surface area contributed by atoms with Crippen molar-refractivity contribution in [1.29, 1.82) is 0 Å². The fraction of sp³-hybridized carbons (Fsp3) is 0.500. The molecule has 0 saturated carbocycles. The highest BCUT2D eigenvalue weighted by Crippen LogP contribution is 2.37. The lowest BCUT2D eigenvalue weighted by Crippen LogP contribution is -2.11. The molecule has 0 saturated heterocycles. The van der Waals surface area contributed by atoms with Crippen molar-refractivity contribution in [3.05, 3.63) is 22.7 Å². The summed E-state index contributed by atoms with van der Waals surface area (Å²) in [5, 5.41) is 3.86. The smallest absolute Gasteiger partial charge is 0.165 e. The van der Waals surface area contributed by atoms with Crippen molar-refractivity contribution < 1.29 is 9.47 Å². The maximum atomic E-state index is 6.19. The predicted octanol–water partition coefficient (Wildman–Crippen LogP) is 2.26. The number of ether oxygens (including phenoxy) is 2. The first kappa shape index (κ1) is 11.6. The Morgan fingerprint density at radius 2 is 2.12 bits per heavy atom. The zero-order valence-corrected chi connectivity index (χ0v) is 10.1. The summed E-state index contributed by atoms with van der Waals surface area (Å²) < 4.78 is 11.3. The number of hydrogen-bond donors (Lipinski definition) is 1. The molecule has 0 amide bonds. The lowest BCUT2D eigenvalue weighted by atomic mass is 10.1. The highest BCUT2D eigenvalue weighted by molar-refractivity contribution is 6.31. The van der Waals surface area contributed by atoms with Gasteiger partial charge in [-0.2, -0.15) is 0 Å². The average Bonchev–Trinajstić information content (AvgIpc) is 2.53. The third-order valence-electron chi connectivity index (χ3n) is 2.58. The van der Waals surface area contributed by atoms with E-state index in [1.165, 1.54) is 0 Å². The molecule has 4 heteroatoms. The van der Waals surface area contributed by atoms with Crippen LogP contribution in [0.2, 0.25) is 5.02 Å². The molecule has 1 heterocycles. The van der Waals surface area contributed by atoms with Gasteiger partial charge in [-0.05, 0) is 32.1 Å². The molecule has 1 aliphatic rings. The first-order chi connectivity index (χ1) is 7.83. The van der Waals surface area contributed by atoms with Crippen molar-refractivity contribution in [3.63, 3.8) is 0 Å². The van der Waals surface area contributed by atoms with Gasteiger partial charge in [-0.25, -0.2) is 0 Å². The molecule has 1 aliphatic heterocycles. The van der Waals surface area contributed by atoms with Crippen LogP contribution in [0.5, 0.6) is 11.5 Å². The molecule has 0 fully saturated rings. The Hall–Kier alpha value is -0.930. The Kier molecular flexibility index (Phi) is 3.91. The molecule has 0 radical (unpaired) electrons. The lowest BCUT2D eigenvalue weighted by molar-refractivity contribution is 0.296. The van der Waals surface area contributed by atoms with Crippen LogP contribution in [0.15, 0.2) is 12.1 Å². The van der Waals surface area contributed by atoms with Gasteiger partial charge in [0.2, 0.25) is 0 Å². The van der Waals surface area contributed by atoms with Gasteiger partial charge in [0.25, 0.3) is 0 Å². The molecule has 3 nitrogen and oxygen atoms in total. The van der Waals surface area contributed by atoms with E-state index >= 15 is 0 Å². The normalized spacial score (nSPS) is 14.6. The van der Waals surface area contributed by atoms with Crippen molar-refractivity contribution in [2.24, 2.45) is 0 Å². The lowest BCUT2D eigenvalue weighted by Gasteiger charge is -2.13. The molecule has 88 valence electrons. The van der Waals surface area contributed by atoms with E-state index in [9.17, 15) is 0 Å². The number of likely N-dealkylation sites (N-methyl/N-ethyl adjacent to an activating group) is 1. The molecule has 16 heavy (non-hydrogen) atoms. The Bertz CT molecular complexity index is 368. The summed E-state index contributed by atoms with van der Waals surface area (Å²) in [6.45, 7) is 2.28. The minimum Gasteiger partial charge on any atom is -0.490 e. The van der Waals surface area contributed by atoms with Crippen LogP contribution in [0.1, 0.15) is 12.0 Å². The number of rotatable bonds is 3. The van der Waals surface area contributed by atoms with Crippen molar-refractivity contribution in [1.82, 2.24) is 5.32 Å². The summed E-state index contributed by atoms with van der Waals surface area (Å²) in [4.78, 5) is 0. The van der Waals surface area contributed by atoms with Crippen LogP contribution in [-0.2, 0) is 6.42 Å². The van der Waals surface area contributed by atoms with E-state index in [4.69, 9.17) is 21.1 Å². The van der Waals surface area contributed by atoms with Gasteiger partial charge < -0.3 is 14.8 Å². The highest BCUT2D eigenvalue weighted by Gasteiger charge is 2.17. The standard InChI is InChI=1S/C12H16ClNO2/c1-14-6-5-9-10(13)3-4-11-12(9)16-8-2-7-15-11/h3-4,14H,2,5-8H2,1H3. The van der Waals surface area contributed by atoms with Crippen LogP contribution in [0, 0.1) is 0 Å². The van der Waals surface area contributed by atoms with E-state index in [0.717, 1.165) is 41.5 Å². The largest absolute Gasteiger partial charge is 0.490 e. The number of nitrogens with one attached hydrogen (secondary N) is 1. The Morgan fingerprint density at radius 3 is 2.94 bits per heavy atom. The molecular weight excluding hydrogens is 226 g/mol. The zero-order valence-electron chi connectivity index (χ0n) is 9.38. The van der Waals surface area contributed by atoms with E-state index < -0.39 is 0 Å². The molecule has 0 aliphatic carbocycles. The first-order valence-corrected chi connectivity index (χ1v) is 5.92. The average molecular weight is 242 g/mol. The SMILES string of the molecule is CNCCc1c(Cl)ccc2c1OCCCO2. The second kappa shape index (κ2) is 5.41. The van der Waals surface area contributed by atoms with Gasteiger partial charge in [-0.15, -0.1) is 0 Å². The first-order valence-electron chi connectivity index (χ1n) is 5.54. The van der Waals surface area contributed by atoms with E-state index in [0.29, 0.717) is 13.2 Å². The number of hydrogen-bond acceptors (Lipinski definition) is 3. The monoisotopic (exact) mass is 241 g/mol. The summed E-state index contributed by atoms with van der Waals surface area (Å²) in [6, 6.07) is 3.76.